The van der Waals surface area contributed by atoms with E-state index < -0.39 is 48.8 Å². The molecule has 0 bridgehead atoms. The predicted octanol–water partition coefficient (Wildman–Crippen LogP) is -1.53. The Morgan fingerprint density at radius 3 is 2.44 bits per heavy atom. The molecule has 10 heteroatoms. The third kappa shape index (κ3) is 3.89. The van der Waals surface area contributed by atoms with Gasteiger partial charge in [0.2, 0.25) is 0 Å². The molecule has 2 aromatic rings. The van der Waals surface area contributed by atoms with Gasteiger partial charge in [-0.15, -0.1) is 0 Å². The predicted molar refractivity (Wildman–Crippen MR) is 91.9 cm³/mol. The molecule has 1 aromatic carbocycles. The molecule has 1 aromatic heterocycles. The number of aliphatic hydroxyl groups is 4. The van der Waals surface area contributed by atoms with Crippen molar-refractivity contribution in [3.05, 3.63) is 58.6 Å². The summed E-state index contributed by atoms with van der Waals surface area (Å²) in [5.41, 5.74) is -0.470. The van der Waals surface area contributed by atoms with Gasteiger partial charge in [0, 0.05) is 11.8 Å². The minimum atomic E-state index is -1.62. The Morgan fingerprint density at radius 2 is 1.81 bits per heavy atom. The van der Waals surface area contributed by atoms with E-state index in [0.29, 0.717) is 5.56 Å². The number of ether oxygens (including phenoxy) is 1. The molecule has 0 radical (unpaired) electrons. The van der Waals surface area contributed by atoms with E-state index in [0.717, 1.165) is 4.57 Å². The summed E-state index contributed by atoms with van der Waals surface area (Å²) in [6.07, 6.45) is -6.06. The monoisotopic (exact) mass is 383 g/mol. The zero-order chi connectivity index (χ0) is 19.6. The van der Waals surface area contributed by atoms with Crippen molar-refractivity contribution in [2.75, 3.05) is 11.9 Å². The third-order valence-corrected chi connectivity index (χ3v) is 4.25. The Morgan fingerprint density at radius 1 is 1.11 bits per heavy atom. The van der Waals surface area contributed by atoms with Crippen molar-refractivity contribution < 1.29 is 30.0 Å². The summed E-state index contributed by atoms with van der Waals surface area (Å²) in [6, 6.07) is 9.67. The first-order valence-electron chi connectivity index (χ1n) is 8.18. The highest BCUT2D eigenvalue weighted by atomic mass is 16.8. The SMILES string of the molecule is O=C(Nc1ccn([13C@@H]2O[13C@H]([13CH2]O)[13C@@H](O)[13C@H](O)[13C@H]2O)c(=O)n1)c1ccccc1. The Bertz CT molecular complexity index is 855. The minimum Gasteiger partial charge on any atom is -0.394 e. The Labute approximate surface area is 153 Å². The number of benzene rings is 1. The topological polar surface area (TPSA) is 154 Å². The maximum Gasteiger partial charge on any atom is 0.351 e. The second-order valence-corrected chi connectivity index (χ2v) is 6.04. The molecule has 5 N–H and O–H groups in total. The molecular weight excluding hydrogens is 364 g/mol. The van der Waals surface area contributed by atoms with E-state index in [9.17, 15) is 30.0 Å². The van der Waals surface area contributed by atoms with Gasteiger partial charge in [-0.3, -0.25) is 9.36 Å². The van der Waals surface area contributed by atoms with Crippen LogP contribution in [0.1, 0.15) is 16.6 Å². The number of nitrogens with one attached hydrogen (secondary N) is 1. The average molecular weight is 383 g/mol. The van der Waals surface area contributed by atoms with E-state index in [2.05, 4.69) is 10.3 Å². The van der Waals surface area contributed by atoms with Crippen LogP contribution in [-0.4, -0.2) is 66.9 Å². The summed E-state index contributed by atoms with van der Waals surface area (Å²) in [7, 11) is 0. The van der Waals surface area contributed by atoms with Crippen molar-refractivity contribution in [1.82, 2.24) is 9.55 Å². The quantitative estimate of drug-likeness (QED) is 0.398. The maximum absolute atomic E-state index is 12.3. The number of hydrogen-bond donors (Lipinski definition) is 5. The van der Waals surface area contributed by atoms with Crippen molar-refractivity contribution in [1.29, 1.82) is 0 Å². The molecule has 0 saturated carbocycles. The molecule has 2 heterocycles. The van der Waals surface area contributed by atoms with Crippen LogP contribution < -0.4 is 11.0 Å². The Balaban J connectivity index is 1.80. The third-order valence-electron chi connectivity index (χ3n) is 4.25. The van der Waals surface area contributed by atoms with Crippen molar-refractivity contribution >= 4 is 11.7 Å². The van der Waals surface area contributed by atoms with Crippen molar-refractivity contribution in [3.8, 4) is 0 Å². The van der Waals surface area contributed by atoms with Crippen LogP contribution in [0.15, 0.2) is 47.4 Å². The van der Waals surface area contributed by atoms with Crippen LogP contribution in [0.5, 0.6) is 0 Å². The fourth-order valence-electron chi connectivity index (χ4n) is 2.77. The van der Waals surface area contributed by atoms with Crippen LogP contribution in [0.25, 0.3) is 0 Å². The number of nitrogens with zero attached hydrogens (tertiary/aromatic N) is 2. The van der Waals surface area contributed by atoms with Crippen LogP contribution in [0.2, 0.25) is 0 Å². The van der Waals surface area contributed by atoms with Crippen LogP contribution in [0.4, 0.5) is 5.82 Å². The largest absolute Gasteiger partial charge is 0.394 e. The van der Waals surface area contributed by atoms with Gasteiger partial charge in [-0.25, -0.2) is 4.79 Å². The average Bonchev–Trinajstić information content (AvgIpc) is 2.68. The molecule has 10 nitrogen and oxygen atoms in total. The Hall–Kier alpha value is -2.63. The number of carbonyl (C=O) groups is 1. The molecule has 1 fully saturated rings. The number of aliphatic hydroxyl groups excluding tert-OH is 4. The maximum atomic E-state index is 12.3. The molecule has 27 heavy (non-hydrogen) atoms. The second-order valence-electron chi connectivity index (χ2n) is 6.04. The van der Waals surface area contributed by atoms with Gasteiger partial charge in [-0.1, -0.05) is 18.2 Å². The lowest BCUT2D eigenvalue weighted by Crippen LogP contribution is -2.57. The highest BCUT2D eigenvalue weighted by Gasteiger charge is 2.44. The first-order valence-corrected chi connectivity index (χ1v) is 8.18. The van der Waals surface area contributed by atoms with Gasteiger partial charge < -0.3 is 30.5 Å². The van der Waals surface area contributed by atoms with Gasteiger partial charge in [0.05, 0.1) is 6.61 Å². The molecule has 1 amide bonds. The van der Waals surface area contributed by atoms with Crippen molar-refractivity contribution in [2.24, 2.45) is 0 Å². The standard InChI is InChI=1S/C17H19N3O7/c21-8-10-12(22)13(23)14(24)16(27-10)20-7-6-11(19-17(20)26)18-15(25)9-4-2-1-3-5-9/h1-7,10,12-14,16,21-24H,8H2,(H,18,19,25,26)/t10-,12-,13+,14-,16-/m1/s1/i8+1,10+1,12+1,13+1,14+1,16+1. The van der Waals surface area contributed by atoms with Crippen LogP contribution >= 0.6 is 0 Å². The second kappa shape index (κ2) is 7.94. The van der Waals surface area contributed by atoms with E-state index in [-0.39, 0.29) is 5.82 Å². The highest BCUT2D eigenvalue weighted by molar-refractivity contribution is 6.03. The van der Waals surface area contributed by atoms with Gasteiger partial charge in [-0.2, -0.15) is 4.98 Å². The van der Waals surface area contributed by atoms with Crippen LogP contribution in [0.3, 0.4) is 0 Å². The molecule has 1 aliphatic heterocycles. The number of hydrogen-bond acceptors (Lipinski definition) is 8. The lowest BCUT2D eigenvalue weighted by molar-refractivity contribution is -0.252. The summed E-state index contributed by atoms with van der Waals surface area (Å²) in [5, 5.41) is 41.4. The van der Waals surface area contributed by atoms with Crippen LogP contribution in [-0.2, 0) is 4.74 Å². The number of amides is 1. The number of aromatic nitrogens is 2. The molecule has 144 valence electrons. The van der Waals surface area contributed by atoms with E-state index in [4.69, 9.17) is 4.74 Å². The summed E-state index contributed by atoms with van der Waals surface area (Å²) in [4.78, 5) is 28.1. The number of rotatable bonds is 4. The molecule has 5 atom stereocenters. The van der Waals surface area contributed by atoms with E-state index in [1.165, 1.54) is 12.3 Å². The Kier molecular flexibility index (Phi) is 5.63. The van der Waals surface area contributed by atoms with Gasteiger partial charge in [0.15, 0.2) is 6.23 Å². The van der Waals surface area contributed by atoms with Gasteiger partial charge in [0.1, 0.15) is 30.2 Å². The minimum absolute atomic E-state index is 0.00491. The van der Waals surface area contributed by atoms with Crippen molar-refractivity contribution in [2.45, 2.75) is 30.6 Å². The number of carbonyl (C=O) groups excluding carboxylic acids is 1. The molecule has 3 rings (SSSR count). The highest BCUT2D eigenvalue weighted by Crippen LogP contribution is 2.27. The smallest absolute Gasteiger partial charge is 0.351 e. The van der Waals surface area contributed by atoms with Gasteiger partial charge in [0.25, 0.3) is 5.91 Å². The normalized spacial score (nSPS) is 27.9. The molecule has 1 saturated heterocycles. The van der Waals surface area contributed by atoms with E-state index in [1.807, 2.05) is 0 Å². The molecular formula is C17H19N3O7. The van der Waals surface area contributed by atoms with E-state index >= 15 is 0 Å². The molecule has 1 aliphatic rings. The first-order chi connectivity index (χ1) is 12.9. The molecule has 0 aliphatic carbocycles. The van der Waals surface area contributed by atoms with Crippen LogP contribution in [0, 0.1) is 0 Å². The first kappa shape index (κ1) is 19.1. The van der Waals surface area contributed by atoms with Gasteiger partial charge in [-0.05, 0) is 18.2 Å². The number of anilines is 1. The van der Waals surface area contributed by atoms with Crippen molar-refractivity contribution in [3.63, 3.8) is 0 Å². The molecule has 0 unspecified atom stereocenters. The fraction of sp³-hybridized carbons (Fsp3) is 0.353. The summed E-state index contributed by atoms with van der Waals surface area (Å²) in [6.45, 7) is -0.616. The fourth-order valence-corrected chi connectivity index (χ4v) is 2.77. The zero-order valence-corrected chi connectivity index (χ0v) is 14.0. The summed E-state index contributed by atoms with van der Waals surface area (Å²) < 4.78 is 6.22. The summed E-state index contributed by atoms with van der Waals surface area (Å²) >= 11 is 0. The van der Waals surface area contributed by atoms with E-state index in [1.54, 1.807) is 30.3 Å². The molecule has 0 spiro atoms. The lowest BCUT2D eigenvalue weighted by atomic mass is 10.2. The zero-order valence-electron chi connectivity index (χ0n) is 14.0. The summed E-state index contributed by atoms with van der Waals surface area (Å²) in [5.74, 6) is -0.456. The van der Waals surface area contributed by atoms with Gasteiger partial charge >= 0.3 is 5.69 Å². The lowest BCUT2D eigenvalue weighted by Gasteiger charge is -2.40.